The summed E-state index contributed by atoms with van der Waals surface area (Å²) in [6, 6.07) is 4.94. The average molecular weight is 264 g/mol. The van der Waals surface area contributed by atoms with E-state index in [0.29, 0.717) is 17.0 Å². The number of rotatable bonds is 3. The Morgan fingerprint density at radius 3 is 2.53 bits per heavy atom. The van der Waals surface area contributed by atoms with Crippen LogP contribution < -0.4 is 16.2 Å². The van der Waals surface area contributed by atoms with Gasteiger partial charge in [-0.25, -0.2) is 0 Å². The molecule has 1 aromatic carbocycles. The number of ether oxygens (including phenoxy) is 2. The van der Waals surface area contributed by atoms with Crippen molar-refractivity contribution in [3.05, 3.63) is 23.8 Å². The molecule has 0 aromatic heterocycles. The maximum absolute atomic E-state index is 11.4. The number of amides is 1. The first-order valence-electron chi connectivity index (χ1n) is 6.47. The first-order chi connectivity index (χ1) is 8.95. The Bertz CT molecular complexity index is 466. The quantitative estimate of drug-likeness (QED) is 0.813. The highest BCUT2D eigenvalue weighted by molar-refractivity contribution is 5.96. The lowest BCUT2D eigenvalue weighted by Crippen LogP contribution is -2.36. The molecule has 0 aliphatic carbocycles. The molecule has 0 spiro atoms. The first-order valence-corrected chi connectivity index (χ1v) is 6.47. The van der Waals surface area contributed by atoms with Crippen molar-refractivity contribution >= 4 is 11.6 Å². The molecule has 19 heavy (non-hydrogen) atoms. The summed E-state index contributed by atoms with van der Waals surface area (Å²) >= 11 is 0. The summed E-state index contributed by atoms with van der Waals surface area (Å²) in [5.41, 5.74) is 11.8. The molecule has 2 atom stereocenters. The monoisotopic (exact) mass is 264 g/mol. The molecule has 5 heteroatoms. The van der Waals surface area contributed by atoms with Crippen LogP contribution >= 0.6 is 0 Å². The topological polar surface area (TPSA) is 87.6 Å². The van der Waals surface area contributed by atoms with Crippen LogP contribution in [0.4, 0.5) is 5.69 Å². The normalized spacial score (nSPS) is 26.9. The standard InChI is InChI=1S/C14H20N2O3/c1-8-5-11(6-9(2)18-8)19-13-4-3-10(15)7-12(13)14(16)17/h3-4,7-9,11H,5-6,15H2,1-2H3,(H2,16,17). The third-order valence-corrected chi connectivity index (χ3v) is 3.22. The van der Waals surface area contributed by atoms with Crippen LogP contribution in [0, 0.1) is 0 Å². The van der Waals surface area contributed by atoms with Crippen LogP contribution in [0.1, 0.15) is 37.0 Å². The minimum atomic E-state index is -0.532. The number of benzene rings is 1. The van der Waals surface area contributed by atoms with Gasteiger partial charge in [-0.3, -0.25) is 4.79 Å². The molecular weight excluding hydrogens is 244 g/mol. The highest BCUT2D eigenvalue weighted by atomic mass is 16.5. The second-order valence-corrected chi connectivity index (χ2v) is 5.09. The molecular formula is C14H20N2O3. The second kappa shape index (κ2) is 5.48. The van der Waals surface area contributed by atoms with Crippen molar-refractivity contribution < 1.29 is 14.3 Å². The lowest BCUT2D eigenvalue weighted by atomic mass is 10.0. The van der Waals surface area contributed by atoms with Crippen molar-refractivity contribution in [3.63, 3.8) is 0 Å². The van der Waals surface area contributed by atoms with Crippen LogP contribution in [0.5, 0.6) is 5.75 Å². The van der Waals surface area contributed by atoms with Gasteiger partial charge in [0.2, 0.25) is 0 Å². The van der Waals surface area contributed by atoms with Gasteiger partial charge in [0.1, 0.15) is 11.9 Å². The van der Waals surface area contributed by atoms with E-state index < -0.39 is 5.91 Å². The van der Waals surface area contributed by atoms with E-state index in [1.807, 2.05) is 13.8 Å². The summed E-state index contributed by atoms with van der Waals surface area (Å²) < 4.78 is 11.6. The van der Waals surface area contributed by atoms with Gasteiger partial charge in [-0.1, -0.05) is 0 Å². The predicted octanol–water partition coefficient (Wildman–Crippen LogP) is 1.70. The highest BCUT2D eigenvalue weighted by Crippen LogP contribution is 2.27. The van der Waals surface area contributed by atoms with Gasteiger partial charge in [0.05, 0.1) is 17.8 Å². The van der Waals surface area contributed by atoms with Gasteiger partial charge >= 0.3 is 0 Å². The SMILES string of the molecule is CC1CC(Oc2ccc(N)cc2C(N)=O)CC(C)O1. The molecule has 0 bridgehead atoms. The van der Waals surface area contributed by atoms with Gasteiger partial charge in [-0.05, 0) is 32.0 Å². The van der Waals surface area contributed by atoms with Crippen molar-refractivity contribution in [2.45, 2.75) is 45.0 Å². The van der Waals surface area contributed by atoms with Crippen molar-refractivity contribution in [1.29, 1.82) is 0 Å². The molecule has 1 amide bonds. The summed E-state index contributed by atoms with van der Waals surface area (Å²) in [6.07, 6.45) is 1.93. The molecule has 4 N–H and O–H groups in total. The number of anilines is 1. The molecule has 1 aliphatic rings. The van der Waals surface area contributed by atoms with Gasteiger partial charge in [-0.15, -0.1) is 0 Å². The number of hydrogen-bond donors (Lipinski definition) is 2. The molecule has 2 rings (SSSR count). The van der Waals surface area contributed by atoms with Crippen molar-refractivity contribution in [3.8, 4) is 5.75 Å². The fourth-order valence-electron chi connectivity index (χ4n) is 2.46. The predicted molar refractivity (Wildman–Crippen MR) is 73.0 cm³/mol. The third kappa shape index (κ3) is 3.38. The van der Waals surface area contributed by atoms with Gasteiger partial charge < -0.3 is 20.9 Å². The summed E-state index contributed by atoms with van der Waals surface area (Å²) in [4.78, 5) is 11.4. The molecule has 1 heterocycles. The third-order valence-electron chi connectivity index (χ3n) is 3.22. The Labute approximate surface area is 112 Å². The van der Waals surface area contributed by atoms with Crippen LogP contribution in [0.25, 0.3) is 0 Å². The molecule has 0 radical (unpaired) electrons. The zero-order chi connectivity index (χ0) is 14.0. The number of nitrogen functional groups attached to an aromatic ring is 1. The van der Waals surface area contributed by atoms with Crippen molar-refractivity contribution in [2.75, 3.05) is 5.73 Å². The van der Waals surface area contributed by atoms with E-state index in [9.17, 15) is 4.79 Å². The number of hydrogen-bond acceptors (Lipinski definition) is 4. The van der Waals surface area contributed by atoms with Crippen molar-refractivity contribution in [2.24, 2.45) is 5.73 Å². The lowest BCUT2D eigenvalue weighted by molar-refractivity contribution is -0.0722. The molecule has 5 nitrogen and oxygen atoms in total. The summed E-state index contributed by atoms with van der Waals surface area (Å²) in [5, 5.41) is 0. The summed E-state index contributed by atoms with van der Waals surface area (Å²) in [5.74, 6) is -0.0385. The highest BCUT2D eigenvalue weighted by Gasteiger charge is 2.26. The number of primary amides is 1. The molecule has 1 fully saturated rings. The van der Waals surface area contributed by atoms with Gasteiger partial charge in [0, 0.05) is 18.5 Å². The maximum atomic E-state index is 11.4. The van der Waals surface area contributed by atoms with Crippen LogP contribution in [-0.4, -0.2) is 24.2 Å². The van der Waals surface area contributed by atoms with Gasteiger partial charge in [-0.2, -0.15) is 0 Å². The van der Waals surface area contributed by atoms with E-state index in [-0.39, 0.29) is 18.3 Å². The Kier molecular flexibility index (Phi) is 3.95. The van der Waals surface area contributed by atoms with E-state index in [2.05, 4.69) is 0 Å². The smallest absolute Gasteiger partial charge is 0.252 e. The van der Waals surface area contributed by atoms with Gasteiger partial charge in [0.25, 0.3) is 5.91 Å². The first kappa shape index (κ1) is 13.7. The fraction of sp³-hybridized carbons (Fsp3) is 0.500. The number of nitrogens with two attached hydrogens (primary N) is 2. The Hall–Kier alpha value is -1.75. The minimum absolute atomic E-state index is 0.0282. The number of carbonyl (C=O) groups excluding carboxylic acids is 1. The lowest BCUT2D eigenvalue weighted by Gasteiger charge is -2.32. The van der Waals surface area contributed by atoms with Crippen LogP contribution in [0.2, 0.25) is 0 Å². The fourth-order valence-corrected chi connectivity index (χ4v) is 2.46. The van der Waals surface area contributed by atoms with Crippen LogP contribution in [0.15, 0.2) is 18.2 Å². The minimum Gasteiger partial charge on any atom is -0.489 e. The average Bonchev–Trinajstić information content (AvgIpc) is 2.30. The van der Waals surface area contributed by atoms with E-state index in [1.54, 1.807) is 18.2 Å². The summed E-state index contributed by atoms with van der Waals surface area (Å²) in [7, 11) is 0. The van der Waals surface area contributed by atoms with E-state index in [4.69, 9.17) is 20.9 Å². The zero-order valence-corrected chi connectivity index (χ0v) is 11.3. The molecule has 1 aliphatic heterocycles. The Balaban J connectivity index is 2.16. The van der Waals surface area contributed by atoms with E-state index >= 15 is 0 Å². The van der Waals surface area contributed by atoms with Gasteiger partial charge in [0.15, 0.2) is 0 Å². The summed E-state index contributed by atoms with van der Waals surface area (Å²) in [6.45, 7) is 4.04. The Morgan fingerprint density at radius 1 is 1.32 bits per heavy atom. The molecule has 1 aromatic rings. The van der Waals surface area contributed by atoms with E-state index in [1.165, 1.54) is 0 Å². The molecule has 1 saturated heterocycles. The number of carbonyl (C=O) groups is 1. The molecule has 0 saturated carbocycles. The zero-order valence-electron chi connectivity index (χ0n) is 11.3. The maximum Gasteiger partial charge on any atom is 0.252 e. The largest absolute Gasteiger partial charge is 0.489 e. The molecule has 104 valence electrons. The molecule has 2 unspecified atom stereocenters. The van der Waals surface area contributed by atoms with Crippen molar-refractivity contribution in [1.82, 2.24) is 0 Å². The van der Waals surface area contributed by atoms with E-state index in [0.717, 1.165) is 12.8 Å². The second-order valence-electron chi connectivity index (χ2n) is 5.09. The van der Waals surface area contributed by atoms with Crippen LogP contribution in [0.3, 0.4) is 0 Å². The Morgan fingerprint density at radius 2 is 1.95 bits per heavy atom. The van der Waals surface area contributed by atoms with Crippen LogP contribution in [-0.2, 0) is 4.74 Å².